The number of fused-ring (bicyclic) bond motifs is 1. The lowest BCUT2D eigenvalue weighted by Gasteiger charge is -2.30. The number of nitrogens with one attached hydrogen (secondary N) is 2. The lowest BCUT2D eigenvalue weighted by atomic mass is 9.83. The van der Waals surface area contributed by atoms with E-state index in [1.807, 2.05) is 12.1 Å². The Morgan fingerprint density at radius 1 is 1.26 bits per heavy atom. The first kappa shape index (κ1) is 22.5. The molecule has 1 heterocycles. The van der Waals surface area contributed by atoms with Crippen molar-refractivity contribution in [2.45, 2.75) is 38.6 Å². The van der Waals surface area contributed by atoms with E-state index in [1.165, 1.54) is 25.7 Å². The van der Waals surface area contributed by atoms with Crippen LogP contribution in [-0.2, 0) is 11.3 Å². The maximum atomic E-state index is 5.48. The first-order valence-electron chi connectivity index (χ1n) is 9.17. The van der Waals surface area contributed by atoms with Crippen LogP contribution in [0.1, 0.15) is 37.7 Å². The second-order valence-electron chi connectivity index (χ2n) is 7.04. The largest absolute Gasteiger partial charge is 0.454 e. The smallest absolute Gasteiger partial charge is 0.231 e. The molecule has 0 aromatic heterocycles. The van der Waals surface area contributed by atoms with E-state index in [4.69, 9.17) is 14.2 Å². The quantitative estimate of drug-likeness (QED) is 0.303. The van der Waals surface area contributed by atoms with Crippen molar-refractivity contribution in [3.05, 3.63) is 22.2 Å². The van der Waals surface area contributed by atoms with Gasteiger partial charge in [-0.15, -0.1) is 24.0 Å². The SMILES string of the molecule is CN=C(NCc1cc(Br)c2c(c1)OCO2)NCC1(CCOC)CCCC1.I. The molecule has 0 radical (unpaired) electrons. The van der Waals surface area contributed by atoms with E-state index in [0.717, 1.165) is 47.1 Å². The number of ether oxygens (including phenoxy) is 3. The summed E-state index contributed by atoms with van der Waals surface area (Å²) in [6, 6.07) is 4.05. The molecule has 0 saturated heterocycles. The Bertz CT molecular complexity index is 651. The van der Waals surface area contributed by atoms with Crippen LogP contribution in [0.25, 0.3) is 0 Å². The third-order valence-corrected chi connectivity index (χ3v) is 5.89. The predicted octanol–water partition coefficient (Wildman–Crippen LogP) is 4.06. The summed E-state index contributed by atoms with van der Waals surface area (Å²) < 4.78 is 17.1. The topological polar surface area (TPSA) is 64.1 Å². The number of halogens is 2. The summed E-state index contributed by atoms with van der Waals surface area (Å²) in [5.74, 6) is 2.38. The molecule has 3 rings (SSSR count). The lowest BCUT2D eigenvalue weighted by molar-refractivity contribution is 0.138. The summed E-state index contributed by atoms with van der Waals surface area (Å²) in [4.78, 5) is 4.37. The van der Waals surface area contributed by atoms with E-state index in [9.17, 15) is 0 Å². The van der Waals surface area contributed by atoms with Crippen molar-refractivity contribution in [2.75, 3.05) is 34.1 Å². The molecule has 1 aromatic rings. The first-order valence-corrected chi connectivity index (χ1v) is 9.96. The fourth-order valence-electron chi connectivity index (χ4n) is 3.76. The number of rotatable bonds is 7. The molecule has 0 amide bonds. The Labute approximate surface area is 187 Å². The highest BCUT2D eigenvalue weighted by Gasteiger charge is 2.33. The van der Waals surface area contributed by atoms with Crippen molar-refractivity contribution in [3.8, 4) is 11.5 Å². The van der Waals surface area contributed by atoms with Gasteiger partial charge >= 0.3 is 0 Å². The maximum absolute atomic E-state index is 5.48. The van der Waals surface area contributed by atoms with Crippen LogP contribution in [0, 0.1) is 5.41 Å². The van der Waals surface area contributed by atoms with Gasteiger partial charge in [0.15, 0.2) is 17.5 Å². The fourth-order valence-corrected chi connectivity index (χ4v) is 4.36. The van der Waals surface area contributed by atoms with E-state index < -0.39 is 0 Å². The van der Waals surface area contributed by atoms with E-state index in [2.05, 4.69) is 31.6 Å². The normalized spacial score (nSPS) is 17.5. The molecule has 2 aliphatic rings. The Morgan fingerprint density at radius 2 is 2.04 bits per heavy atom. The molecule has 0 unspecified atom stereocenters. The molecule has 1 fully saturated rings. The monoisotopic (exact) mass is 553 g/mol. The van der Waals surface area contributed by atoms with Crippen LogP contribution in [0.2, 0.25) is 0 Å². The molecule has 0 spiro atoms. The second kappa shape index (κ2) is 10.7. The summed E-state index contributed by atoms with van der Waals surface area (Å²) in [6.07, 6.45) is 6.23. The van der Waals surface area contributed by atoms with Gasteiger partial charge in [0.05, 0.1) is 4.47 Å². The minimum absolute atomic E-state index is 0. The van der Waals surface area contributed by atoms with Gasteiger partial charge in [0.25, 0.3) is 0 Å². The lowest BCUT2D eigenvalue weighted by Crippen LogP contribution is -2.43. The number of hydrogen-bond acceptors (Lipinski definition) is 4. The fraction of sp³-hybridized carbons (Fsp3) is 0.632. The third-order valence-electron chi connectivity index (χ3n) is 5.30. The summed E-state index contributed by atoms with van der Waals surface area (Å²) in [6.45, 7) is 2.69. The van der Waals surface area contributed by atoms with Gasteiger partial charge in [0, 0.05) is 33.9 Å². The molecule has 27 heavy (non-hydrogen) atoms. The standard InChI is InChI=1S/C19H28BrN3O3.HI/c1-21-18(23-12-19(7-8-24-2)5-3-4-6-19)22-11-14-9-15(20)17-16(10-14)25-13-26-17;/h9-10H,3-8,11-13H2,1-2H3,(H2,21,22,23);1H. The molecule has 1 aliphatic carbocycles. The molecule has 0 atom stereocenters. The molecular weight excluding hydrogens is 525 g/mol. The molecule has 8 heteroatoms. The number of methoxy groups -OCH3 is 1. The molecule has 0 bridgehead atoms. The molecule has 2 N–H and O–H groups in total. The van der Waals surface area contributed by atoms with E-state index in [-0.39, 0.29) is 30.8 Å². The summed E-state index contributed by atoms with van der Waals surface area (Å²) in [7, 11) is 3.58. The minimum Gasteiger partial charge on any atom is -0.454 e. The number of hydrogen-bond donors (Lipinski definition) is 2. The van der Waals surface area contributed by atoms with Crippen LogP contribution < -0.4 is 20.1 Å². The highest BCUT2D eigenvalue weighted by molar-refractivity contribution is 14.0. The molecule has 1 aliphatic heterocycles. The maximum Gasteiger partial charge on any atom is 0.231 e. The zero-order valence-electron chi connectivity index (χ0n) is 16.0. The third kappa shape index (κ3) is 5.87. The highest BCUT2D eigenvalue weighted by atomic mass is 127. The van der Waals surface area contributed by atoms with Crippen molar-refractivity contribution in [1.82, 2.24) is 10.6 Å². The van der Waals surface area contributed by atoms with Gasteiger partial charge in [0.2, 0.25) is 6.79 Å². The predicted molar refractivity (Wildman–Crippen MR) is 121 cm³/mol. The van der Waals surface area contributed by atoms with Crippen molar-refractivity contribution >= 4 is 45.9 Å². The van der Waals surface area contributed by atoms with Crippen molar-refractivity contribution in [3.63, 3.8) is 0 Å². The van der Waals surface area contributed by atoms with Gasteiger partial charge in [-0.3, -0.25) is 4.99 Å². The number of benzene rings is 1. The number of nitrogens with zero attached hydrogens (tertiary/aromatic N) is 1. The Balaban J connectivity index is 0.00000261. The van der Waals surface area contributed by atoms with Crippen LogP contribution in [0.5, 0.6) is 11.5 Å². The minimum atomic E-state index is 0. The van der Waals surface area contributed by atoms with Crippen LogP contribution in [0.4, 0.5) is 0 Å². The van der Waals surface area contributed by atoms with Gasteiger partial charge in [-0.25, -0.2) is 0 Å². The number of guanidine groups is 1. The Kier molecular flexibility index (Phi) is 8.94. The van der Waals surface area contributed by atoms with E-state index in [0.29, 0.717) is 12.0 Å². The molecule has 152 valence electrons. The summed E-state index contributed by atoms with van der Waals surface area (Å²) in [5.41, 5.74) is 1.44. The van der Waals surface area contributed by atoms with Gasteiger partial charge in [-0.1, -0.05) is 12.8 Å². The van der Waals surface area contributed by atoms with Gasteiger partial charge in [-0.2, -0.15) is 0 Å². The van der Waals surface area contributed by atoms with Crippen LogP contribution in [-0.4, -0.2) is 40.1 Å². The van der Waals surface area contributed by atoms with Gasteiger partial charge in [0.1, 0.15) is 0 Å². The first-order chi connectivity index (χ1) is 12.7. The highest BCUT2D eigenvalue weighted by Crippen LogP contribution is 2.41. The second-order valence-corrected chi connectivity index (χ2v) is 7.89. The number of aliphatic imine (C=N–C) groups is 1. The zero-order chi connectivity index (χ0) is 18.4. The summed E-state index contributed by atoms with van der Waals surface area (Å²) in [5, 5.41) is 6.91. The van der Waals surface area contributed by atoms with Crippen molar-refractivity contribution in [2.24, 2.45) is 10.4 Å². The van der Waals surface area contributed by atoms with Crippen LogP contribution >= 0.6 is 39.9 Å². The zero-order valence-corrected chi connectivity index (χ0v) is 19.9. The average Bonchev–Trinajstić information content (AvgIpc) is 3.30. The Morgan fingerprint density at radius 3 is 2.74 bits per heavy atom. The molecular formula is C19H29BrIN3O3. The summed E-state index contributed by atoms with van der Waals surface area (Å²) >= 11 is 3.54. The van der Waals surface area contributed by atoms with Crippen molar-refractivity contribution in [1.29, 1.82) is 0 Å². The molecule has 1 aromatic carbocycles. The molecule has 1 saturated carbocycles. The molecule has 6 nitrogen and oxygen atoms in total. The van der Waals surface area contributed by atoms with E-state index in [1.54, 1.807) is 14.2 Å². The van der Waals surface area contributed by atoms with Crippen molar-refractivity contribution < 1.29 is 14.2 Å². The van der Waals surface area contributed by atoms with Crippen LogP contribution in [0.15, 0.2) is 21.6 Å². The van der Waals surface area contributed by atoms with Crippen LogP contribution in [0.3, 0.4) is 0 Å². The Hall–Kier alpha value is -0.740. The average molecular weight is 554 g/mol. The van der Waals surface area contributed by atoms with Gasteiger partial charge in [-0.05, 0) is 58.3 Å². The van der Waals surface area contributed by atoms with E-state index >= 15 is 0 Å². The van der Waals surface area contributed by atoms with Gasteiger partial charge < -0.3 is 24.8 Å².